The van der Waals surface area contributed by atoms with Crippen molar-refractivity contribution in [1.29, 1.82) is 0 Å². The molecule has 1 fully saturated rings. The second-order valence-electron chi connectivity index (χ2n) is 4.65. The molecule has 1 saturated heterocycles. The molecule has 2 atom stereocenters. The molecule has 0 spiro atoms. The zero-order valence-corrected chi connectivity index (χ0v) is 11.4. The Balaban J connectivity index is 1.96. The summed E-state index contributed by atoms with van der Waals surface area (Å²) in [5.74, 6) is 0.622. The number of thioether (sulfide) groups is 1. The van der Waals surface area contributed by atoms with E-state index in [-0.39, 0.29) is 11.8 Å². The molecule has 1 heterocycles. The van der Waals surface area contributed by atoms with Crippen LogP contribution in [0.1, 0.15) is 12.0 Å². The number of benzene rings is 1. The molecule has 1 aromatic rings. The Kier molecular flexibility index (Phi) is 4.85. The van der Waals surface area contributed by atoms with Crippen LogP contribution < -0.4 is 5.32 Å². The van der Waals surface area contributed by atoms with Crippen LogP contribution in [0.3, 0.4) is 0 Å². The molecule has 1 aliphatic rings. The lowest BCUT2D eigenvalue weighted by molar-refractivity contribution is -0.142. The molecule has 19 heavy (non-hydrogen) atoms. The van der Waals surface area contributed by atoms with Crippen molar-refractivity contribution in [2.75, 3.05) is 11.5 Å². The summed E-state index contributed by atoms with van der Waals surface area (Å²) in [6.07, 6.45) is 1.16. The molecule has 2 N–H and O–H groups in total. The topological polar surface area (TPSA) is 66.4 Å². The second-order valence-corrected chi connectivity index (χ2v) is 5.80. The van der Waals surface area contributed by atoms with Gasteiger partial charge in [0.25, 0.3) is 0 Å². The van der Waals surface area contributed by atoms with Gasteiger partial charge in [-0.1, -0.05) is 30.3 Å². The Bertz CT molecular complexity index is 443. The third-order valence-corrected chi connectivity index (χ3v) is 4.36. The van der Waals surface area contributed by atoms with Crippen LogP contribution in [0.2, 0.25) is 0 Å². The first-order chi connectivity index (χ1) is 9.16. The van der Waals surface area contributed by atoms with Crippen LogP contribution >= 0.6 is 11.8 Å². The quantitative estimate of drug-likeness (QED) is 0.858. The Morgan fingerprint density at radius 2 is 2.11 bits per heavy atom. The Morgan fingerprint density at radius 3 is 2.68 bits per heavy atom. The number of hydrogen-bond acceptors (Lipinski definition) is 3. The van der Waals surface area contributed by atoms with Crippen LogP contribution in [-0.2, 0) is 16.0 Å². The number of carbonyl (C=O) groups is 2. The minimum Gasteiger partial charge on any atom is -0.480 e. The van der Waals surface area contributed by atoms with Crippen molar-refractivity contribution in [3.05, 3.63) is 35.9 Å². The predicted octanol–water partition coefficient (Wildman–Crippen LogP) is 1.55. The van der Waals surface area contributed by atoms with Crippen LogP contribution in [-0.4, -0.2) is 34.5 Å². The molecule has 1 unspecified atom stereocenters. The maximum atomic E-state index is 12.0. The van der Waals surface area contributed by atoms with Gasteiger partial charge in [-0.3, -0.25) is 4.79 Å². The average molecular weight is 279 g/mol. The van der Waals surface area contributed by atoms with Crippen LogP contribution in [0.25, 0.3) is 0 Å². The number of nitrogens with one attached hydrogen (secondary N) is 1. The predicted molar refractivity (Wildman–Crippen MR) is 75.1 cm³/mol. The maximum Gasteiger partial charge on any atom is 0.326 e. The maximum absolute atomic E-state index is 12.0. The molecule has 0 aliphatic carbocycles. The summed E-state index contributed by atoms with van der Waals surface area (Å²) in [7, 11) is 0. The van der Waals surface area contributed by atoms with E-state index < -0.39 is 12.0 Å². The summed E-state index contributed by atoms with van der Waals surface area (Å²) < 4.78 is 0. The summed E-state index contributed by atoms with van der Waals surface area (Å²) in [6, 6.07) is 8.50. The van der Waals surface area contributed by atoms with Gasteiger partial charge in [0.2, 0.25) is 5.91 Å². The van der Waals surface area contributed by atoms with E-state index in [4.69, 9.17) is 0 Å². The van der Waals surface area contributed by atoms with Crippen LogP contribution in [0.15, 0.2) is 30.3 Å². The SMILES string of the molecule is O=C(N[C@H](Cc1ccccc1)C(=O)O)C1CCSC1. The van der Waals surface area contributed by atoms with E-state index in [1.54, 1.807) is 11.8 Å². The molecule has 0 bridgehead atoms. The highest BCUT2D eigenvalue weighted by Crippen LogP contribution is 2.23. The van der Waals surface area contributed by atoms with Gasteiger partial charge >= 0.3 is 5.97 Å². The van der Waals surface area contributed by atoms with Crippen molar-refractivity contribution < 1.29 is 14.7 Å². The molecule has 1 aliphatic heterocycles. The zero-order chi connectivity index (χ0) is 13.7. The van der Waals surface area contributed by atoms with E-state index in [1.165, 1.54) is 0 Å². The number of aliphatic carboxylic acids is 1. The minimum absolute atomic E-state index is 0.0392. The van der Waals surface area contributed by atoms with Gasteiger partial charge in [-0.25, -0.2) is 4.79 Å². The van der Waals surface area contributed by atoms with Gasteiger partial charge < -0.3 is 10.4 Å². The molecular formula is C14H17NO3S. The summed E-state index contributed by atoms with van der Waals surface area (Å²) >= 11 is 1.74. The van der Waals surface area contributed by atoms with Gasteiger partial charge in [0, 0.05) is 18.1 Å². The summed E-state index contributed by atoms with van der Waals surface area (Å²) in [6.45, 7) is 0. The fourth-order valence-corrected chi connectivity index (χ4v) is 3.30. The van der Waals surface area contributed by atoms with Gasteiger partial charge in [-0.2, -0.15) is 11.8 Å². The normalized spacial score (nSPS) is 19.9. The smallest absolute Gasteiger partial charge is 0.326 e. The largest absolute Gasteiger partial charge is 0.480 e. The van der Waals surface area contributed by atoms with Crippen molar-refractivity contribution in [3.8, 4) is 0 Å². The van der Waals surface area contributed by atoms with E-state index in [0.717, 1.165) is 23.5 Å². The molecule has 0 aromatic heterocycles. The van der Waals surface area contributed by atoms with E-state index in [2.05, 4.69) is 5.32 Å². The highest BCUT2D eigenvalue weighted by atomic mass is 32.2. The lowest BCUT2D eigenvalue weighted by atomic mass is 10.0. The van der Waals surface area contributed by atoms with Crippen molar-refractivity contribution in [2.45, 2.75) is 18.9 Å². The zero-order valence-electron chi connectivity index (χ0n) is 10.5. The summed E-state index contributed by atoms with van der Waals surface area (Å²) in [4.78, 5) is 23.2. The van der Waals surface area contributed by atoms with Gasteiger partial charge in [-0.05, 0) is 17.7 Å². The van der Waals surface area contributed by atoms with Crippen molar-refractivity contribution in [3.63, 3.8) is 0 Å². The Morgan fingerprint density at radius 1 is 1.37 bits per heavy atom. The molecule has 5 heteroatoms. The number of amides is 1. The molecule has 1 aromatic carbocycles. The molecule has 0 saturated carbocycles. The monoisotopic (exact) mass is 279 g/mol. The first-order valence-corrected chi connectivity index (χ1v) is 7.47. The minimum atomic E-state index is -0.983. The molecule has 1 amide bonds. The Hall–Kier alpha value is -1.49. The lowest BCUT2D eigenvalue weighted by Gasteiger charge is -2.17. The van der Waals surface area contributed by atoms with Gasteiger partial charge in [0.1, 0.15) is 6.04 Å². The van der Waals surface area contributed by atoms with Crippen LogP contribution in [0.4, 0.5) is 0 Å². The van der Waals surface area contributed by atoms with E-state index in [9.17, 15) is 14.7 Å². The first kappa shape index (κ1) is 13.9. The first-order valence-electron chi connectivity index (χ1n) is 6.31. The average Bonchev–Trinajstić information content (AvgIpc) is 2.93. The van der Waals surface area contributed by atoms with E-state index in [0.29, 0.717) is 6.42 Å². The highest BCUT2D eigenvalue weighted by molar-refractivity contribution is 7.99. The number of carbonyl (C=O) groups excluding carboxylic acids is 1. The summed E-state index contributed by atoms with van der Waals surface area (Å²) in [5.41, 5.74) is 0.913. The van der Waals surface area contributed by atoms with E-state index in [1.807, 2.05) is 30.3 Å². The van der Waals surface area contributed by atoms with Gasteiger partial charge in [0.15, 0.2) is 0 Å². The molecular weight excluding hydrogens is 262 g/mol. The number of carboxylic acid groups (broad SMARTS) is 1. The fourth-order valence-electron chi connectivity index (χ4n) is 2.08. The lowest BCUT2D eigenvalue weighted by Crippen LogP contribution is -2.45. The molecule has 102 valence electrons. The second kappa shape index (κ2) is 6.61. The standard InChI is InChI=1S/C14H17NO3S/c16-13(11-6-7-19-9-11)15-12(14(17)18)8-10-4-2-1-3-5-10/h1-5,11-12H,6-9H2,(H,15,16)(H,17,18)/t11?,12-/m1/s1. The van der Waals surface area contributed by atoms with Crippen molar-refractivity contribution in [2.24, 2.45) is 5.92 Å². The van der Waals surface area contributed by atoms with Crippen molar-refractivity contribution >= 4 is 23.6 Å². The number of carboxylic acids is 1. The number of hydrogen-bond donors (Lipinski definition) is 2. The van der Waals surface area contributed by atoms with Gasteiger partial charge in [-0.15, -0.1) is 0 Å². The van der Waals surface area contributed by atoms with Gasteiger partial charge in [0.05, 0.1) is 0 Å². The highest BCUT2D eigenvalue weighted by Gasteiger charge is 2.27. The van der Waals surface area contributed by atoms with Crippen LogP contribution in [0.5, 0.6) is 0 Å². The third kappa shape index (κ3) is 3.99. The fraction of sp³-hybridized carbons (Fsp3) is 0.429. The molecule has 4 nitrogen and oxygen atoms in total. The summed E-state index contributed by atoms with van der Waals surface area (Å²) in [5, 5.41) is 11.9. The van der Waals surface area contributed by atoms with Crippen LogP contribution in [0, 0.1) is 5.92 Å². The third-order valence-electron chi connectivity index (χ3n) is 3.20. The van der Waals surface area contributed by atoms with E-state index >= 15 is 0 Å². The molecule has 2 rings (SSSR count). The number of rotatable bonds is 5. The Labute approximate surface area is 116 Å². The molecule has 0 radical (unpaired) electrons. The van der Waals surface area contributed by atoms with Crippen molar-refractivity contribution in [1.82, 2.24) is 5.32 Å².